The summed E-state index contributed by atoms with van der Waals surface area (Å²) in [4.78, 5) is 10.9. The number of rotatable bonds is 7. The van der Waals surface area contributed by atoms with Crippen molar-refractivity contribution in [2.75, 3.05) is 5.75 Å². The summed E-state index contributed by atoms with van der Waals surface area (Å²) in [7, 11) is -3.58. The van der Waals surface area contributed by atoms with Crippen LogP contribution < -0.4 is 0 Å². The number of unbranched alkanes of at least 4 members (excludes halogenated alkanes) is 3. The van der Waals surface area contributed by atoms with Crippen molar-refractivity contribution in [3.05, 3.63) is 29.8 Å². The highest BCUT2D eigenvalue weighted by molar-refractivity contribution is 7.91. The second kappa shape index (κ2) is 8.60. The van der Waals surface area contributed by atoms with Gasteiger partial charge < -0.3 is 5.11 Å². The van der Waals surface area contributed by atoms with E-state index in [1.807, 2.05) is 0 Å². The summed E-state index contributed by atoms with van der Waals surface area (Å²) in [6.07, 6.45) is 4.23. The summed E-state index contributed by atoms with van der Waals surface area (Å²) in [6.45, 7) is 3.52. The Morgan fingerprint density at radius 1 is 1.23 bits per heavy atom. The molecule has 1 aromatic carbocycles. The van der Waals surface area contributed by atoms with Crippen molar-refractivity contribution in [3.8, 4) is 11.8 Å². The Kier molecular flexibility index (Phi) is 7.13. The molecule has 0 heterocycles. The van der Waals surface area contributed by atoms with Crippen LogP contribution in [0.25, 0.3) is 0 Å². The molecule has 0 amide bonds. The predicted octanol–water partition coefficient (Wildman–Crippen LogP) is 3.11. The second-order valence-electron chi connectivity index (χ2n) is 5.30. The zero-order valence-corrected chi connectivity index (χ0v) is 13.8. The van der Waals surface area contributed by atoms with E-state index >= 15 is 0 Å². The third-order valence-electron chi connectivity index (χ3n) is 3.24. The molecule has 0 bridgehead atoms. The van der Waals surface area contributed by atoms with Crippen LogP contribution in [0, 0.1) is 17.8 Å². The Morgan fingerprint density at radius 3 is 2.41 bits per heavy atom. The molecule has 0 aliphatic rings. The van der Waals surface area contributed by atoms with E-state index in [1.165, 1.54) is 19.1 Å². The van der Waals surface area contributed by atoms with Crippen LogP contribution in [0.2, 0.25) is 0 Å². The van der Waals surface area contributed by atoms with E-state index in [0.29, 0.717) is 0 Å². The molecular weight excluding hydrogens is 300 g/mol. The fourth-order valence-corrected chi connectivity index (χ4v) is 3.41. The van der Waals surface area contributed by atoms with E-state index in [0.717, 1.165) is 31.2 Å². The first kappa shape index (κ1) is 18.2. The van der Waals surface area contributed by atoms with Crippen molar-refractivity contribution >= 4 is 15.8 Å². The molecule has 1 rings (SSSR count). The van der Waals surface area contributed by atoms with Crippen LogP contribution in [0.5, 0.6) is 0 Å². The highest BCUT2D eigenvalue weighted by Gasteiger charge is 2.22. The lowest BCUT2D eigenvalue weighted by Crippen LogP contribution is -2.21. The Labute approximate surface area is 132 Å². The summed E-state index contributed by atoms with van der Waals surface area (Å²) >= 11 is 0. The Hall–Kier alpha value is -1.80. The summed E-state index contributed by atoms with van der Waals surface area (Å²) in [5.74, 6) is 3.63. The number of aliphatic carboxylic acids is 1. The molecule has 22 heavy (non-hydrogen) atoms. The molecular formula is C17H22O4S. The van der Waals surface area contributed by atoms with Gasteiger partial charge in [-0.05, 0) is 30.7 Å². The van der Waals surface area contributed by atoms with Gasteiger partial charge in [0.05, 0.1) is 16.6 Å². The van der Waals surface area contributed by atoms with Crippen molar-refractivity contribution in [2.45, 2.75) is 44.4 Å². The zero-order valence-electron chi connectivity index (χ0n) is 13.0. The fourth-order valence-electron chi connectivity index (χ4n) is 1.87. The van der Waals surface area contributed by atoms with E-state index < -0.39 is 27.5 Å². The maximum Gasteiger partial charge on any atom is 0.307 e. The van der Waals surface area contributed by atoms with E-state index in [4.69, 9.17) is 5.11 Å². The lowest BCUT2D eigenvalue weighted by Gasteiger charge is -2.07. The molecule has 1 N–H and O–H groups in total. The molecule has 120 valence electrons. The monoisotopic (exact) mass is 322 g/mol. The summed E-state index contributed by atoms with van der Waals surface area (Å²) in [6, 6.07) is 6.29. The molecule has 0 spiro atoms. The van der Waals surface area contributed by atoms with Crippen LogP contribution in [0.4, 0.5) is 0 Å². The molecule has 0 radical (unpaired) electrons. The molecule has 1 unspecified atom stereocenters. The van der Waals surface area contributed by atoms with Gasteiger partial charge in [-0.15, -0.1) is 0 Å². The number of carbonyl (C=O) groups is 1. The van der Waals surface area contributed by atoms with Crippen LogP contribution in [0.1, 0.15) is 45.1 Å². The lowest BCUT2D eigenvalue weighted by atomic mass is 10.2. The van der Waals surface area contributed by atoms with Crippen molar-refractivity contribution in [2.24, 2.45) is 5.92 Å². The second-order valence-corrected chi connectivity index (χ2v) is 7.34. The maximum absolute atomic E-state index is 12.1. The first-order valence-electron chi connectivity index (χ1n) is 7.41. The largest absolute Gasteiger partial charge is 0.481 e. The molecule has 0 aromatic heterocycles. The smallest absolute Gasteiger partial charge is 0.307 e. The topological polar surface area (TPSA) is 71.4 Å². The van der Waals surface area contributed by atoms with Gasteiger partial charge in [0.25, 0.3) is 0 Å². The number of sulfone groups is 1. The summed E-state index contributed by atoms with van der Waals surface area (Å²) in [5, 5.41) is 8.81. The highest BCUT2D eigenvalue weighted by Crippen LogP contribution is 2.15. The molecule has 0 aliphatic heterocycles. The molecule has 1 aromatic rings. The van der Waals surface area contributed by atoms with Gasteiger partial charge in [0, 0.05) is 12.0 Å². The predicted molar refractivity (Wildman–Crippen MR) is 86.3 cm³/mol. The number of carboxylic acid groups (broad SMARTS) is 1. The van der Waals surface area contributed by atoms with Crippen molar-refractivity contribution < 1.29 is 18.3 Å². The van der Waals surface area contributed by atoms with Gasteiger partial charge in [0.2, 0.25) is 0 Å². The van der Waals surface area contributed by atoms with Gasteiger partial charge in [-0.25, -0.2) is 8.42 Å². The molecule has 5 heteroatoms. The number of benzene rings is 1. The first-order valence-corrected chi connectivity index (χ1v) is 9.06. The van der Waals surface area contributed by atoms with Crippen molar-refractivity contribution in [1.82, 2.24) is 0 Å². The molecule has 0 saturated heterocycles. The first-order chi connectivity index (χ1) is 10.4. The van der Waals surface area contributed by atoms with Gasteiger partial charge in [0.1, 0.15) is 0 Å². The van der Waals surface area contributed by atoms with Crippen LogP contribution in [0.3, 0.4) is 0 Å². The Balaban J connectivity index is 2.73. The number of hydrogen-bond donors (Lipinski definition) is 1. The van der Waals surface area contributed by atoms with Crippen LogP contribution in [-0.4, -0.2) is 25.2 Å². The number of carboxylic acids is 1. The minimum atomic E-state index is -3.58. The molecule has 0 fully saturated rings. The van der Waals surface area contributed by atoms with Crippen molar-refractivity contribution in [3.63, 3.8) is 0 Å². The normalized spacial score (nSPS) is 12.3. The molecule has 4 nitrogen and oxygen atoms in total. The van der Waals surface area contributed by atoms with Crippen LogP contribution >= 0.6 is 0 Å². The van der Waals surface area contributed by atoms with Gasteiger partial charge >= 0.3 is 5.97 Å². The zero-order chi connectivity index (χ0) is 16.6. The summed E-state index contributed by atoms with van der Waals surface area (Å²) in [5.41, 5.74) is 0.765. The van der Waals surface area contributed by atoms with E-state index in [1.54, 1.807) is 12.1 Å². The quantitative estimate of drug-likeness (QED) is 0.618. The van der Waals surface area contributed by atoms with E-state index in [2.05, 4.69) is 18.8 Å². The van der Waals surface area contributed by atoms with Crippen molar-refractivity contribution in [1.29, 1.82) is 0 Å². The van der Waals surface area contributed by atoms with E-state index in [-0.39, 0.29) is 4.90 Å². The molecule has 0 aliphatic carbocycles. The number of hydrogen-bond acceptors (Lipinski definition) is 3. The minimum Gasteiger partial charge on any atom is -0.481 e. The highest BCUT2D eigenvalue weighted by atomic mass is 32.2. The van der Waals surface area contributed by atoms with Gasteiger partial charge in [-0.1, -0.05) is 38.5 Å². The average Bonchev–Trinajstić information content (AvgIpc) is 2.47. The fraction of sp³-hybridized carbons (Fsp3) is 0.471. The molecule has 0 saturated carbocycles. The van der Waals surface area contributed by atoms with Gasteiger partial charge in [-0.3, -0.25) is 4.79 Å². The van der Waals surface area contributed by atoms with Gasteiger partial charge in [0.15, 0.2) is 9.84 Å². The summed E-state index contributed by atoms with van der Waals surface area (Å²) < 4.78 is 24.2. The lowest BCUT2D eigenvalue weighted by molar-refractivity contribution is -0.140. The standard InChI is InChI=1S/C17H22O4S/c1-3-4-5-6-7-8-15-9-11-16(12-10-15)22(20,21)13-14(2)17(18)19/h9-12,14H,3-6,13H2,1-2H3,(H,18,19). The minimum absolute atomic E-state index is 0.136. The Bertz CT molecular complexity index is 648. The Morgan fingerprint density at radius 2 is 1.86 bits per heavy atom. The molecule has 1 atom stereocenters. The van der Waals surface area contributed by atoms with Gasteiger partial charge in [-0.2, -0.15) is 0 Å². The van der Waals surface area contributed by atoms with Crippen LogP contribution in [-0.2, 0) is 14.6 Å². The third kappa shape index (κ3) is 5.90. The van der Waals surface area contributed by atoms with E-state index in [9.17, 15) is 13.2 Å². The maximum atomic E-state index is 12.1. The van der Waals surface area contributed by atoms with Crippen LogP contribution in [0.15, 0.2) is 29.2 Å². The average molecular weight is 322 g/mol. The SMILES string of the molecule is CCCCCC#Cc1ccc(S(=O)(=O)CC(C)C(=O)O)cc1. The third-order valence-corrected chi connectivity index (χ3v) is 5.17.